The van der Waals surface area contributed by atoms with E-state index < -0.39 is 72.2 Å². The Morgan fingerprint density at radius 1 is 0.712 bits per heavy atom. The van der Waals surface area contributed by atoms with Gasteiger partial charge in [0.25, 0.3) is 6.33 Å². The lowest BCUT2D eigenvalue weighted by molar-refractivity contribution is -0.571. The van der Waals surface area contributed by atoms with E-state index in [1.54, 1.807) is 63.9 Å². The highest BCUT2D eigenvalue weighted by Crippen LogP contribution is 2.37. The fraction of sp³-hybridized carbons (Fsp3) is 0.113. The molecule has 6 aromatic carbocycles. The maximum Gasteiger partial charge on any atom is 0.269 e. The number of nitrogens with zero attached hydrogens (tertiary/aromatic N) is 5. The van der Waals surface area contributed by atoms with Crippen LogP contribution in [-0.4, -0.2) is 19.1 Å². The normalized spacial score (nSPS) is 14.9. The Balaban J connectivity index is 1.15. The van der Waals surface area contributed by atoms with Gasteiger partial charge in [-0.05, 0) is 82.9 Å². The summed E-state index contributed by atoms with van der Waals surface area (Å²) in [4.78, 5) is 9.49. The quantitative estimate of drug-likeness (QED) is 0.114. The van der Waals surface area contributed by atoms with Crippen molar-refractivity contribution < 1.29 is 25.8 Å². The van der Waals surface area contributed by atoms with Gasteiger partial charge in [0.2, 0.25) is 5.88 Å². The summed E-state index contributed by atoms with van der Waals surface area (Å²) in [5.41, 5.74) is 3.83. The number of benzene rings is 6. The minimum Gasteiger partial charge on any atom is -0.440 e. The molecule has 0 unspecified atom stereocenters. The van der Waals surface area contributed by atoms with E-state index in [1.807, 2.05) is 92.9 Å². The van der Waals surface area contributed by atoms with Gasteiger partial charge in [0.05, 0.1) is 47.1 Å². The standard InChI is InChI=1S/C53H43N5O/c1-36-30-40(56-35-57(48-25-14-13-24-47(48)56)52-42(38-16-7-5-8-17-38)21-15-22-43(52)39-18-9-6-10-19-39)32-51(55-36)59-41-26-27-45-44-20-11-12-23-46(44)58(49(45)33-41)50-31-37(28-29-54-50)34-53(2,3)4/h5-33H,34H2,1-4H3/i5D,6D,7D,8D,9D,10D,16D,17D,18D,19D,34D2. The summed E-state index contributed by atoms with van der Waals surface area (Å²) in [7, 11) is 0. The lowest BCUT2D eigenvalue weighted by Crippen LogP contribution is -2.31. The van der Waals surface area contributed by atoms with Crippen molar-refractivity contribution in [1.82, 2.24) is 19.1 Å². The number of fused-ring (bicyclic) bond motifs is 4. The number of aryl methyl sites for hydroxylation is 1. The third-order valence-electron chi connectivity index (χ3n) is 9.90. The van der Waals surface area contributed by atoms with Crippen LogP contribution in [0.2, 0.25) is 0 Å². The molecule has 59 heavy (non-hydrogen) atoms. The van der Waals surface area contributed by atoms with Crippen LogP contribution in [0.3, 0.4) is 0 Å². The number of ether oxygens (including phenoxy) is 1. The number of pyridine rings is 2. The molecule has 6 nitrogen and oxygen atoms in total. The lowest BCUT2D eigenvalue weighted by atomic mass is 9.88. The molecule has 4 aromatic heterocycles. The Hall–Kier alpha value is -7.31. The summed E-state index contributed by atoms with van der Waals surface area (Å²) in [6.07, 6.45) is 3.39. The Kier molecular flexibility index (Phi) is 6.21. The molecule has 0 radical (unpaired) electrons. The number of hydrogen-bond acceptors (Lipinski definition) is 3. The van der Waals surface area contributed by atoms with E-state index in [4.69, 9.17) is 31.2 Å². The maximum atomic E-state index is 9.01. The van der Waals surface area contributed by atoms with Gasteiger partial charge in [-0.2, -0.15) is 0 Å². The van der Waals surface area contributed by atoms with Crippen molar-refractivity contribution in [3.05, 3.63) is 193 Å². The molecule has 0 spiro atoms. The Labute approximate surface area is 361 Å². The summed E-state index contributed by atoms with van der Waals surface area (Å²) >= 11 is 0. The van der Waals surface area contributed by atoms with E-state index in [0.29, 0.717) is 39.5 Å². The third kappa shape index (κ3) is 6.83. The van der Waals surface area contributed by atoms with E-state index in [2.05, 4.69) is 6.33 Å². The molecule has 0 fully saturated rings. The summed E-state index contributed by atoms with van der Waals surface area (Å²) < 4.78 is 117. The number of hydrogen-bond donors (Lipinski definition) is 0. The molecule has 10 rings (SSSR count). The molecule has 286 valence electrons. The van der Waals surface area contributed by atoms with Gasteiger partial charge in [-0.3, -0.25) is 13.7 Å². The van der Waals surface area contributed by atoms with Crippen LogP contribution in [-0.2, 0) is 6.37 Å². The van der Waals surface area contributed by atoms with Crippen molar-refractivity contribution in [2.75, 3.05) is 0 Å². The highest BCUT2D eigenvalue weighted by atomic mass is 16.5. The van der Waals surface area contributed by atoms with Gasteiger partial charge in [-0.1, -0.05) is 142 Å². The van der Waals surface area contributed by atoms with E-state index >= 15 is 0 Å². The smallest absolute Gasteiger partial charge is 0.269 e. The fourth-order valence-corrected chi connectivity index (χ4v) is 7.61. The molecule has 0 saturated heterocycles. The first-order valence-corrected chi connectivity index (χ1v) is 19.1. The van der Waals surface area contributed by atoms with Crippen molar-refractivity contribution in [2.45, 2.75) is 34.1 Å². The van der Waals surface area contributed by atoms with E-state index in [0.717, 1.165) is 21.8 Å². The van der Waals surface area contributed by atoms with Crippen LogP contribution in [0.5, 0.6) is 11.6 Å². The second-order valence-electron chi connectivity index (χ2n) is 15.2. The zero-order valence-corrected chi connectivity index (χ0v) is 32.6. The minimum absolute atomic E-state index is 0.132. The van der Waals surface area contributed by atoms with E-state index in [9.17, 15) is 0 Å². The van der Waals surface area contributed by atoms with Gasteiger partial charge in [-0.15, -0.1) is 0 Å². The Morgan fingerprint density at radius 2 is 1.39 bits per heavy atom. The highest BCUT2D eigenvalue weighted by Gasteiger charge is 2.21. The molecule has 0 N–H and O–H groups in total. The molecule has 0 saturated carbocycles. The topological polar surface area (TPSA) is 48.8 Å². The molecular weight excluding hydrogens is 723 g/mol. The molecule has 4 heterocycles. The van der Waals surface area contributed by atoms with Gasteiger partial charge >= 0.3 is 0 Å². The fourth-order valence-electron chi connectivity index (χ4n) is 7.61. The molecule has 6 heteroatoms. The summed E-state index contributed by atoms with van der Waals surface area (Å²) in [6.45, 7) is 7.42. The number of para-hydroxylation sites is 4. The third-order valence-corrected chi connectivity index (χ3v) is 9.90. The summed E-state index contributed by atoms with van der Waals surface area (Å²) in [6, 6.07) is 27.3. The largest absolute Gasteiger partial charge is 0.440 e. The SMILES string of the molecule is [2H]c1c([2H])c([2H])c(-c2cccc(-c3c([2H])c([2H])c([2H])c([2H])c3[2H])c2-[n+]2[c-]n(-c3cc(C)nc(Oc4ccc5c6ccccc6n(-c6cc(C([2H])([2H])C(C)(C)C)ccn6)c5c4)c3)c3ccccc32)c([2H])c1[2H]. The van der Waals surface area contributed by atoms with Crippen LogP contribution in [0.4, 0.5) is 0 Å². The number of rotatable bonds is 8. The van der Waals surface area contributed by atoms with E-state index in [-0.39, 0.29) is 33.8 Å². The van der Waals surface area contributed by atoms with Crippen LogP contribution < -0.4 is 9.30 Å². The van der Waals surface area contributed by atoms with Gasteiger partial charge in [0, 0.05) is 37.5 Å². The van der Waals surface area contributed by atoms with Gasteiger partial charge in [-0.25, -0.2) is 9.97 Å². The first-order valence-electron chi connectivity index (χ1n) is 25.1. The molecule has 0 atom stereocenters. The monoisotopic (exact) mass is 777 g/mol. The molecule has 0 amide bonds. The van der Waals surface area contributed by atoms with Gasteiger partial charge in [0.1, 0.15) is 11.6 Å². The van der Waals surface area contributed by atoms with E-state index in [1.165, 1.54) is 0 Å². The summed E-state index contributed by atoms with van der Waals surface area (Å²) in [5, 5.41) is 1.91. The average Bonchev–Trinajstić information content (AvgIpc) is 3.89. The minimum atomic E-state index is -1.66. The Morgan fingerprint density at radius 3 is 2.12 bits per heavy atom. The van der Waals surface area contributed by atoms with Crippen LogP contribution >= 0.6 is 0 Å². The number of aromatic nitrogens is 5. The number of imidazole rings is 1. The zero-order valence-electron chi connectivity index (χ0n) is 44.6. The van der Waals surface area contributed by atoms with Crippen LogP contribution in [0.15, 0.2) is 176 Å². The van der Waals surface area contributed by atoms with Gasteiger partial charge < -0.3 is 4.74 Å². The molecular formula is C53H43N5O. The van der Waals surface area contributed by atoms with Crippen molar-refractivity contribution >= 4 is 32.8 Å². The molecule has 0 aliphatic rings. The van der Waals surface area contributed by atoms with Crippen LogP contribution in [0, 0.1) is 18.7 Å². The van der Waals surface area contributed by atoms with Crippen molar-refractivity contribution in [3.63, 3.8) is 0 Å². The van der Waals surface area contributed by atoms with Gasteiger partial charge in [0.15, 0.2) is 0 Å². The van der Waals surface area contributed by atoms with Crippen molar-refractivity contribution in [2.24, 2.45) is 5.41 Å². The van der Waals surface area contributed by atoms with Crippen molar-refractivity contribution in [3.8, 4) is 51.1 Å². The lowest BCUT2D eigenvalue weighted by Gasteiger charge is -2.18. The first-order chi connectivity index (χ1) is 33.7. The van der Waals surface area contributed by atoms with Crippen LogP contribution in [0.25, 0.3) is 72.3 Å². The maximum absolute atomic E-state index is 9.01. The first kappa shape index (κ1) is 25.1. The average molecular weight is 778 g/mol. The second-order valence-corrected chi connectivity index (χ2v) is 15.2. The highest BCUT2D eigenvalue weighted by molar-refractivity contribution is 6.09. The molecule has 0 aliphatic heterocycles. The molecule has 10 aromatic rings. The van der Waals surface area contributed by atoms with Crippen LogP contribution in [0.1, 0.15) is 48.5 Å². The Bertz CT molecular complexity index is 3710. The second kappa shape index (κ2) is 14.6. The predicted molar refractivity (Wildman–Crippen MR) is 239 cm³/mol. The predicted octanol–water partition coefficient (Wildman–Crippen LogP) is 12.6. The zero-order chi connectivity index (χ0) is 50.6. The molecule has 0 aliphatic carbocycles. The molecule has 0 bridgehead atoms. The summed E-state index contributed by atoms with van der Waals surface area (Å²) in [5.74, 6) is 1.23. The van der Waals surface area contributed by atoms with Crippen molar-refractivity contribution in [1.29, 1.82) is 0 Å².